The van der Waals surface area contributed by atoms with Crippen molar-refractivity contribution in [3.05, 3.63) is 59.4 Å². The number of anilines is 2. The number of nitrogens with zero attached hydrogens (tertiary/aromatic N) is 1. The molecule has 1 atom stereocenters. The van der Waals surface area contributed by atoms with Gasteiger partial charge >= 0.3 is 0 Å². The van der Waals surface area contributed by atoms with Gasteiger partial charge in [-0.1, -0.05) is 29.8 Å². The fourth-order valence-corrected chi connectivity index (χ4v) is 3.95. The van der Waals surface area contributed by atoms with E-state index >= 15 is 0 Å². The van der Waals surface area contributed by atoms with Gasteiger partial charge in [-0.3, -0.25) is 14.4 Å². The van der Waals surface area contributed by atoms with Crippen LogP contribution in [0.4, 0.5) is 15.8 Å². The van der Waals surface area contributed by atoms with Crippen molar-refractivity contribution in [3.8, 4) is 0 Å². The first kappa shape index (κ1) is 19.4. The van der Waals surface area contributed by atoms with Gasteiger partial charge in [0.15, 0.2) is 0 Å². The molecule has 5 nitrogen and oxygen atoms in total. The van der Waals surface area contributed by atoms with Crippen molar-refractivity contribution >= 4 is 52.5 Å². The Hall–Kier alpha value is -2.38. The summed E-state index contributed by atoms with van der Waals surface area (Å²) in [6.45, 7) is 0. The summed E-state index contributed by atoms with van der Waals surface area (Å²) in [6, 6.07) is 12.7. The molecule has 3 amide bonds. The maximum absolute atomic E-state index is 13.1. The zero-order chi connectivity index (χ0) is 19.4. The minimum Gasteiger partial charge on any atom is -0.326 e. The Morgan fingerprint density at radius 1 is 1.22 bits per heavy atom. The molecule has 1 aliphatic rings. The highest BCUT2D eigenvalue weighted by atomic mass is 35.5. The molecule has 1 N–H and O–H groups in total. The maximum atomic E-state index is 13.1. The van der Waals surface area contributed by atoms with Gasteiger partial charge in [0, 0.05) is 24.3 Å². The van der Waals surface area contributed by atoms with Gasteiger partial charge < -0.3 is 5.32 Å². The molecule has 0 bridgehead atoms. The fourth-order valence-electron chi connectivity index (χ4n) is 2.67. The summed E-state index contributed by atoms with van der Waals surface area (Å²) in [5.41, 5.74) is 0.959. The summed E-state index contributed by atoms with van der Waals surface area (Å²) >= 11 is 6.96. The van der Waals surface area contributed by atoms with E-state index in [1.807, 2.05) is 6.07 Å². The van der Waals surface area contributed by atoms with E-state index < -0.39 is 11.1 Å². The van der Waals surface area contributed by atoms with Crippen LogP contribution in [0.5, 0.6) is 0 Å². The lowest BCUT2D eigenvalue weighted by Crippen LogP contribution is -2.31. The number of carbonyl (C=O) groups excluding carboxylic acids is 3. The molecule has 0 aromatic heterocycles. The number of benzene rings is 2. The van der Waals surface area contributed by atoms with Crippen molar-refractivity contribution in [1.82, 2.24) is 0 Å². The van der Waals surface area contributed by atoms with Gasteiger partial charge in [-0.2, -0.15) is 0 Å². The molecule has 1 fully saturated rings. The average molecular weight is 407 g/mol. The molecule has 1 unspecified atom stereocenters. The van der Waals surface area contributed by atoms with Crippen LogP contribution >= 0.6 is 23.4 Å². The fraction of sp³-hybridized carbons (Fsp3) is 0.211. The standard InChI is InChI=1S/C19H16ClFN2O3S/c20-14-10-12(6-7-15(14)21)22-17(24)8-9-27-16-11-18(25)23(19(16)26)13-4-2-1-3-5-13/h1-7,10,16H,8-9,11H2,(H,22,24). The van der Waals surface area contributed by atoms with Gasteiger partial charge in [0.25, 0.3) is 0 Å². The van der Waals surface area contributed by atoms with Gasteiger partial charge in [-0.15, -0.1) is 11.8 Å². The highest BCUT2D eigenvalue weighted by molar-refractivity contribution is 8.00. The van der Waals surface area contributed by atoms with Crippen molar-refractivity contribution in [2.75, 3.05) is 16.0 Å². The monoisotopic (exact) mass is 406 g/mol. The normalized spacial score (nSPS) is 16.7. The Labute approximate surface area is 164 Å². The molecule has 3 rings (SSSR count). The number of carbonyl (C=O) groups is 3. The second-order valence-electron chi connectivity index (χ2n) is 5.89. The summed E-state index contributed by atoms with van der Waals surface area (Å²) in [5, 5.41) is 2.06. The SMILES string of the molecule is O=C(CCSC1CC(=O)N(c2ccccc2)C1=O)Nc1ccc(F)c(Cl)c1. The summed E-state index contributed by atoms with van der Waals surface area (Å²) in [7, 11) is 0. The van der Waals surface area contributed by atoms with Crippen molar-refractivity contribution < 1.29 is 18.8 Å². The molecule has 0 aliphatic carbocycles. The Morgan fingerprint density at radius 3 is 2.67 bits per heavy atom. The molecule has 1 heterocycles. The van der Waals surface area contributed by atoms with Gasteiger partial charge in [0.1, 0.15) is 5.82 Å². The van der Waals surface area contributed by atoms with Gasteiger partial charge in [-0.05, 0) is 30.3 Å². The molecule has 2 aromatic rings. The molecule has 0 spiro atoms. The van der Waals surface area contributed by atoms with Crippen LogP contribution in [0, 0.1) is 5.82 Å². The molecule has 1 saturated heterocycles. The molecule has 0 saturated carbocycles. The van der Waals surface area contributed by atoms with Crippen molar-refractivity contribution in [3.63, 3.8) is 0 Å². The zero-order valence-corrected chi connectivity index (χ0v) is 15.7. The minimum atomic E-state index is -0.558. The van der Waals surface area contributed by atoms with E-state index in [4.69, 9.17) is 11.6 Å². The van der Waals surface area contributed by atoms with Gasteiger partial charge in [0.2, 0.25) is 17.7 Å². The lowest BCUT2D eigenvalue weighted by atomic mass is 10.3. The van der Waals surface area contributed by atoms with Crippen LogP contribution in [0.2, 0.25) is 5.02 Å². The Kier molecular flexibility index (Phi) is 6.13. The molecule has 140 valence electrons. The number of thioether (sulfide) groups is 1. The molecule has 27 heavy (non-hydrogen) atoms. The predicted octanol–water partition coefficient (Wildman–Crippen LogP) is 3.87. The number of nitrogens with one attached hydrogen (secondary N) is 1. The molecule has 2 aromatic carbocycles. The largest absolute Gasteiger partial charge is 0.326 e. The van der Waals surface area contributed by atoms with E-state index in [1.54, 1.807) is 24.3 Å². The van der Waals surface area contributed by atoms with E-state index in [0.717, 1.165) is 0 Å². The van der Waals surface area contributed by atoms with Crippen LogP contribution in [0.1, 0.15) is 12.8 Å². The summed E-state index contributed by atoms with van der Waals surface area (Å²) < 4.78 is 13.1. The lowest BCUT2D eigenvalue weighted by Gasteiger charge is -2.14. The van der Waals surface area contributed by atoms with Crippen LogP contribution in [0.3, 0.4) is 0 Å². The number of rotatable bonds is 6. The van der Waals surface area contributed by atoms with E-state index in [9.17, 15) is 18.8 Å². The zero-order valence-electron chi connectivity index (χ0n) is 14.2. The molecular formula is C19H16ClFN2O3S. The van der Waals surface area contributed by atoms with Crippen LogP contribution in [0.25, 0.3) is 0 Å². The number of hydrogen-bond donors (Lipinski definition) is 1. The van der Waals surface area contributed by atoms with Crippen molar-refractivity contribution in [1.29, 1.82) is 0 Å². The molecule has 1 aliphatic heterocycles. The minimum absolute atomic E-state index is 0.0711. The topological polar surface area (TPSA) is 66.5 Å². The van der Waals surface area contributed by atoms with Crippen LogP contribution < -0.4 is 10.2 Å². The van der Waals surface area contributed by atoms with Gasteiger partial charge in [0.05, 0.1) is 16.0 Å². The summed E-state index contributed by atoms with van der Waals surface area (Å²) in [6.07, 6.45) is 0.274. The van der Waals surface area contributed by atoms with Crippen molar-refractivity contribution in [2.45, 2.75) is 18.1 Å². The van der Waals surface area contributed by atoms with Crippen LogP contribution in [0.15, 0.2) is 48.5 Å². The molecule has 8 heteroatoms. The third-order valence-corrected chi connectivity index (χ3v) is 5.47. The number of imide groups is 1. The quantitative estimate of drug-likeness (QED) is 0.739. The summed E-state index contributed by atoms with van der Waals surface area (Å²) in [5.74, 6) is -0.955. The summed E-state index contributed by atoms with van der Waals surface area (Å²) in [4.78, 5) is 37.8. The predicted molar refractivity (Wildman–Crippen MR) is 104 cm³/mol. The van der Waals surface area contributed by atoms with Crippen molar-refractivity contribution in [2.24, 2.45) is 0 Å². The molecule has 0 radical (unpaired) electrons. The average Bonchev–Trinajstić information content (AvgIpc) is 2.92. The Morgan fingerprint density at radius 2 is 1.96 bits per heavy atom. The first-order chi connectivity index (χ1) is 13.0. The van der Waals surface area contributed by atoms with Crippen LogP contribution in [-0.2, 0) is 14.4 Å². The first-order valence-corrected chi connectivity index (χ1v) is 9.67. The second kappa shape index (κ2) is 8.54. The Balaban J connectivity index is 1.50. The van der Waals surface area contributed by atoms with Gasteiger partial charge in [-0.25, -0.2) is 9.29 Å². The van der Waals surface area contributed by atoms with E-state index in [-0.39, 0.29) is 35.6 Å². The van der Waals surface area contributed by atoms with E-state index in [2.05, 4.69) is 5.32 Å². The smallest absolute Gasteiger partial charge is 0.247 e. The third kappa shape index (κ3) is 4.67. The first-order valence-electron chi connectivity index (χ1n) is 8.24. The number of hydrogen-bond acceptors (Lipinski definition) is 4. The highest BCUT2D eigenvalue weighted by Crippen LogP contribution is 2.30. The van der Waals surface area contributed by atoms with E-state index in [0.29, 0.717) is 17.1 Å². The maximum Gasteiger partial charge on any atom is 0.247 e. The van der Waals surface area contributed by atoms with E-state index in [1.165, 1.54) is 34.9 Å². The third-order valence-electron chi connectivity index (χ3n) is 3.97. The highest BCUT2D eigenvalue weighted by Gasteiger charge is 2.39. The second-order valence-corrected chi connectivity index (χ2v) is 7.61. The Bertz CT molecular complexity index is 879. The molecular weight excluding hydrogens is 391 g/mol. The number of halogens is 2. The lowest BCUT2D eigenvalue weighted by molar-refractivity contribution is -0.121. The van der Waals surface area contributed by atoms with Crippen LogP contribution in [-0.4, -0.2) is 28.7 Å². The number of amides is 3. The number of para-hydroxylation sites is 1.